The van der Waals surface area contributed by atoms with Crippen LogP contribution in [-0.4, -0.2) is 6.41 Å². The van der Waals surface area contributed by atoms with Gasteiger partial charge < -0.3 is 5.32 Å². The zero-order chi connectivity index (χ0) is 5.11. The zero-order valence-corrected chi connectivity index (χ0v) is 3.98. The first-order valence-corrected chi connectivity index (χ1v) is 2.32. The van der Waals surface area contributed by atoms with Gasteiger partial charge in [0, 0.05) is 5.70 Å². The lowest BCUT2D eigenvalue weighted by Gasteiger charge is -2.10. The molecule has 0 aromatic carbocycles. The van der Waals surface area contributed by atoms with Gasteiger partial charge in [-0.05, 0) is 12.8 Å². The van der Waals surface area contributed by atoms with Crippen LogP contribution in [0.4, 0.5) is 0 Å². The monoisotopic (exact) mass is 97.1 g/mol. The molecule has 0 aromatic heterocycles. The minimum absolute atomic E-state index is 0.713. The largest absolute Gasteiger partial charge is 0.333 e. The molecule has 0 fully saturated rings. The Kier molecular flexibility index (Phi) is 1.11. The molecule has 0 spiro atoms. The van der Waals surface area contributed by atoms with E-state index in [1.807, 2.05) is 6.08 Å². The molecule has 0 saturated heterocycles. The van der Waals surface area contributed by atoms with Gasteiger partial charge in [0.05, 0.1) is 0 Å². The number of hydrogen-bond donors (Lipinski definition) is 1. The van der Waals surface area contributed by atoms with Gasteiger partial charge in [0.2, 0.25) is 6.41 Å². The molecule has 0 heterocycles. The van der Waals surface area contributed by atoms with Gasteiger partial charge in [-0.2, -0.15) is 0 Å². The van der Waals surface area contributed by atoms with Crippen molar-refractivity contribution in [2.45, 2.75) is 12.8 Å². The number of rotatable bonds is 2. The van der Waals surface area contributed by atoms with Crippen LogP contribution < -0.4 is 5.32 Å². The fourth-order valence-electron chi connectivity index (χ4n) is 0.495. The third-order valence-corrected chi connectivity index (χ3v) is 1.05. The molecule has 1 rings (SSSR count). The minimum atomic E-state index is 0.713. The Morgan fingerprint density at radius 2 is 2.57 bits per heavy atom. The molecular formula is C5H7NO. The van der Waals surface area contributed by atoms with Gasteiger partial charge in [-0.3, -0.25) is 4.79 Å². The zero-order valence-electron chi connectivity index (χ0n) is 3.98. The summed E-state index contributed by atoms with van der Waals surface area (Å²) in [6.45, 7) is 0. The second-order valence-electron chi connectivity index (χ2n) is 1.53. The van der Waals surface area contributed by atoms with Crippen molar-refractivity contribution >= 4 is 6.41 Å². The van der Waals surface area contributed by atoms with E-state index in [2.05, 4.69) is 5.32 Å². The number of nitrogens with one attached hydrogen (secondary N) is 1. The maximum absolute atomic E-state index is 9.66. The van der Waals surface area contributed by atoms with Crippen LogP contribution in [-0.2, 0) is 4.79 Å². The van der Waals surface area contributed by atoms with Gasteiger partial charge in [-0.25, -0.2) is 0 Å². The summed E-state index contributed by atoms with van der Waals surface area (Å²) in [5, 5.41) is 2.56. The Morgan fingerprint density at radius 1 is 1.86 bits per heavy atom. The molecule has 2 heteroatoms. The van der Waals surface area contributed by atoms with Crippen molar-refractivity contribution in [3.63, 3.8) is 0 Å². The number of carbonyl (C=O) groups excluding carboxylic acids is 1. The van der Waals surface area contributed by atoms with E-state index in [0.29, 0.717) is 6.41 Å². The number of amides is 1. The van der Waals surface area contributed by atoms with E-state index in [1.54, 1.807) is 0 Å². The first-order chi connectivity index (χ1) is 3.43. The smallest absolute Gasteiger partial charge is 0.211 e. The predicted molar refractivity (Wildman–Crippen MR) is 26.5 cm³/mol. The van der Waals surface area contributed by atoms with Gasteiger partial charge in [0.1, 0.15) is 0 Å². The molecule has 0 aromatic rings. The predicted octanol–water partition coefficient (Wildman–Crippen LogP) is 0.410. The Labute approximate surface area is 42.2 Å². The van der Waals surface area contributed by atoms with Crippen LogP contribution in [0.15, 0.2) is 11.8 Å². The lowest BCUT2D eigenvalue weighted by molar-refractivity contribution is -0.109. The van der Waals surface area contributed by atoms with Crippen molar-refractivity contribution in [1.29, 1.82) is 0 Å². The third-order valence-electron chi connectivity index (χ3n) is 1.05. The molecule has 1 N–H and O–H groups in total. The number of allylic oxidation sites excluding steroid dienone is 2. The molecule has 0 bridgehead atoms. The van der Waals surface area contributed by atoms with Gasteiger partial charge in [-0.1, -0.05) is 6.08 Å². The van der Waals surface area contributed by atoms with Crippen LogP contribution in [0.1, 0.15) is 12.8 Å². The van der Waals surface area contributed by atoms with E-state index in [1.165, 1.54) is 0 Å². The molecule has 1 aliphatic rings. The second-order valence-corrected chi connectivity index (χ2v) is 1.53. The van der Waals surface area contributed by atoms with Crippen LogP contribution in [0.3, 0.4) is 0 Å². The molecule has 38 valence electrons. The average molecular weight is 97.1 g/mol. The summed E-state index contributed by atoms with van der Waals surface area (Å²) < 4.78 is 0. The van der Waals surface area contributed by atoms with E-state index in [0.717, 1.165) is 18.5 Å². The first kappa shape index (κ1) is 4.37. The van der Waals surface area contributed by atoms with Crippen LogP contribution in [0.2, 0.25) is 0 Å². The van der Waals surface area contributed by atoms with E-state index in [-0.39, 0.29) is 0 Å². The van der Waals surface area contributed by atoms with Gasteiger partial charge in [0.15, 0.2) is 0 Å². The van der Waals surface area contributed by atoms with E-state index in [9.17, 15) is 4.79 Å². The molecule has 0 atom stereocenters. The highest BCUT2D eigenvalue weighted by Crippen LogP contribution is 2.12. The summed E-state index contributed by atoms with van der Waals surface area (Å²) in [5.74, 6) is 0. The Balaban J connectivity index is 2.27. The number of carbonyl (C=O) groups is 1. The van der Waals surface area contributed by atoms with Gasteiger partial charge in [0.25, 0.3) is 0 Å². The van der Waals surface area contributed by atoms with Crippen LogP contribution in [0, 0.1) is 0 Å². The molecule has 7 heavy (non-hydrogen) atoms. The standard InChI is InChI=1S/C5H7NO/c7-4-6-5-2-1-3-5/h2,4H,1,3H2,(H,6,7). The molecule has 0 saturated carbocycles. The van der Waals surface area contributed by atoms with Crippen LogP contribution in [0.25, 0.3) is 0 Å². The maximum atomic E-state index is 9.66. The van der Waals surface area contributed by atoms with Gasteiger partial charge >= 0.3 is 0 Å². The van der Waals surface area contributed by atoms with Crippen LogP contribution >= 0.6 is 0 Å². The van der Waals surface area contributed by atoms with Crippen LogP contribution in [0.5, 0.6) is 0 Å². The van der Waals surface area contributed by atoms with Crippen molar-refractivity contribution in [1.82, 2.24) is 5.32 Å². The Bertz CT molecular complexity index is 107. The highest BCUT2D eigenvalue weighted by Gasteiger charge is 2.01. The van der Waals surface area contributed by atoms with Crippen molar-refractivity contribution in [2.75, 3.05) is 0 Å². The van der Waals surface area contributed by atoms with E-state index >= 15 is 0 Å². The number of hydrogen-bond acceptors (Lipinski definition) is 1. The summed E-state index contributed by atoms with van der Waals surface area (Å²) in [7, 11) is 0. The van der Waals surface area contributed by atoms with E-state index < -0.39 is 0 Å². The molecular weight excluding hydrogens is 90.1 g/mol. The molecule has 0 radical (unpaired) electrons. The lowest BCUT2D eigenvalue weighted by atomic mass is 10.1. The summed E-state index contributed by atoms with van der Waals surface area (Å²) in [4.78, 5) is 9.66. The van der Waals surface area contributed by atoms with Crippen molar-refractivity contribution in [3.05, 3.63) is 11.8 Å². The molecule has 1 amide bonds. The highest BCUT2D eigenvalue weighted by molar-refractivity contribution is 5.50. The molecule has 1 aliphatic carbocycles. The van der Waals surface area contributed by atoms with E-state index in [4.69, 9.17) is 0 Å². The third kappa shape index (κ3) is 0.796. The fraction of sp³-hybridized carbons (Fsp3) is 0.400. The summed E-state index contributed by atoms with van der Waals surface area (Å²) in [5.41, 5.74) is 1.06. The Morgan fingerprint density at radius 3 is 2.71 bits per heavy atom. The average Bonchev–Trinajstić information content (AvgIpc) is 1.55. The molecule has 2 nitrogen and oxygen atoms in total. The maximum Gasteiger partial charge on any atom is 0.211 e. The van der Waals surface area contributed by atoms with Crippen molar-refractivity contribution in [3.8, 4) is 0 Å². The minimum Gasteiger partial charge on any atom is -0.333 e. The fourth-order valence-corrected chi connectivity index (χ4v) is 0.495. The topological polar surface area (TPSA) is 29.1 Å². The van der Waals surface area contributed by atoms with Gasteiger partial charge in [-0.15, -0.1) is 0 Å². The quantitative estimate of drug-likeness (QED) is 0.497. The second kappa shape index (κ2) is 1.78. The summed E-state index contributed by atoms with van der Waals surface area (Å²) in [6.07, 6.45) is 4.88. The highest BCUT2D eigenvalue weighted by atomic mass is 16.1. The summed E-state index contributed by atoms with van der Waals surface area (Å²) in [6, 6.07) is 0. The SMILES string of the molecule is O=CNC1=CCC1. The lowest BCUT2D eigenvalue weighted by Crippen LogP contribution is -2.14. The van der Waals surface area contributed by atoms with Crippen molar-refractivity contribution < 1.29 is 4.79 Å². The molecule has 0 aliphatic heterocycles. The van der Waals surface area contributed by atoms with Crippen molar-refractivity contribution in [2.24, 2.45) is 0 Å². The molecule has 0 unspecified atom stereocenters. The Hall–Kier alpha value is -0.790. The first-order valence-electron chi connectivity index (χ1n) is 2.32. The summed E-state index contributed by atoms with van der Waals surface area (Å²) >= 11 is 0. The normalized spacial score (nSPS) is 16.9.